The Labute approximate surface area is 111 Å². The largest absolute Gasteiger partial charge is 0.465 e. The quantitative estimate of drug-likeness (QED) is 0.762. The maximum atomic E-state index is 11.5. The molecule has 0 amide bonds. The van der Waals surface area contributed by atoms with Crippen LogP contribution in [-0.4, -0.2) is 43.2 Å². The minimum Gasteiger partial charge on any atom is -0.465 e. The molecule has 0 aromatic heterocycles. The Morgan fingerprint density at radius 3 is 2.50 bits per heavy atom. The fourth-order valence-electron chi connectivity index (χ4n) is 2.61. The molecule has 2 N–H and O–H groups in total. The summed E-state index contributed by atoms with van der Waals surface area (Å²) >= 11 is 0. The van der Waals surface area contributed by atoms with Crippen LogP contribution in [0.25, 0.3) is 0 Å². The highest BCUT2D eigenvalue weighted by molar-refractivity contribution is 5.75. The van der Waals surface area contributed by atoms with Crippen LogP contribution in [0, 0.1) is 5.41 Å². The number of ether oxygens (including phenoxy) is 1. The van der Waals surface area contributed by atoms with Gasteiger partial charge in [0.2, 0.25) is 0 Å². The average molecular weight is 256 g/mol. The van der Waals surface area contributed by atoms with E-state index in [1.165, 1.54) is 25.7 Å². The second-order valence-corrected chi connectivity index (χ2v) is 6.19. The van der Waals surface area contributed by atoms with E-state index in [-0.39, 0.29) is 5.97 Å². The van der Waals surface area contributed by atoms with Gasteiger partial charge in [0.25, 0.3) is 0 Å². The molecule has 0 spiro atoms. The molecule has 1 aliphatic carbocycles. The molecule has 4 nitrogen and oxygen atoms in total. The molecule has 0 aromatic rings. The fourth-order valence-corrected chi connectivity index (χ4v) is 2.61. The molecule has 0 aromatic carbocycles. The molecule has 1 saturated carbocycles. The molecule has 1 atom stereocenters. The Kier molecular flexibility index (Phi) is 5.60. The number of esters is 1. The van der Waals surface area contributed by atoms with Gasteiger partial charge >= 0.3 is 5.97 Å². The molecule has 0 saturated heterocycles. The molecule has 0 radical (unpaired) electrons. The molecule has 0 heterocycles. The normalized spacial score (nSPS) is 21.9. The lowest BCUT2D eigenvalue weighted by molar-refractivity contribution is -0.145. The Balaban J connectivity index is 2.37. The first-order valence-corrected chi connectivity index (χ1v) is 6.98. The number of carbonyl (C=O) groups excluding carboxylic acids is 1. The number of hydrogen-bond donors (Lipinski definition) is 1. The maximum Gasteiger partial charge on any atom is 0.324 e. The summed E-state index contributed by atoms with van der Waals surface area (Å²) in [6.45, 7) is 7.44. The van der Waals surface area contributed by atoms with E-state index in [1.807, 2.05) is 0 Å². The van der Waals surface area contributed by atoms with Crippen molar-refractivity contribution in [1.82, 2.24) is 4.90 Å². The molecule has 106 valence electrons. The van der Waals surface area contributed by atoms with Crippen molar-refractivity contribution in [3.8, 4) is 0 Å². The van der Waals surface area contributed by atoms with Crippen LogP contribution in [0.4, 0.5) is 0 Å². The van der Waals surface area contributed by atoms with Crippen molar-refractivity contribution in [3.05, 3.63) is 0 Å². The van der Waals surface area contributed by atoms with Crippen LogP contribution < -0.4 is 5.73 Å². The van der Waals surface area contributed by atoms with E-state index >= 15 is 0 Å². The Bertz CT molecular complexity index is 269. The van der Waals surface area contributed by atoms with Gasteiger partial charge in [-0.1, -0.05) is 13.8 Å². The van der Waals surface area contributed by atoms with Crippen molar-refractivity contribution in [2.24, 2.45) is 11.1 Å². The van der Waals surface area contributed by atoms with Crippen molar-refractivity contribution >= 4 is 5.97 Å². The second kappa shape index (κ2) is 6.53. The summed E-state index contributed by atoms with van der Waals surface area (Å²) in [5.41, 5.74) is 6.32. The summed E-state index contributed by atoms with van der Waals surface area (Å²) in [6.07, 6.45) is 4.88. The van der Waals surface area contributed by atoms with E-state index in [0.29, 0.717) is 24.6 Å². The van der Waals surface area contributed by atoms with Gasteiger partial charge in [0.05, 0.1) is 6.61 Å². The first-order valence-electron chi connectivity index (χ1n) is 6.98. The first kappa shape index (κ1) is 15.4. The standard InChI is InChI=1S/C14H28N2O2/c1-5-18-13(17)12(15)10-16(4)11-6-8-14(2,3)9-7-11/h11-12H,5-10,15H2,1-4H3. The summed E-state index contributed by atoms with van der Waals surface area (Å²) < 4.78 is 4.93. The zero-order valence-corrected chi connectivity index (χ0v) is 12.2. The van der Waals surface area contributed by atoms with Gasteiger partial charge in [-0.15, -0.1) is 0 Å². The fraction of sp³-hybridized carbons (Fsp3) is 0.929. The zero-order chi connectivity index (χ0) is 13.8. The Morgan fingerprint density at radius 2 is 2.00 bits per heavy atom. The van der Waals surface area contributed by atoms with E-state index in [1.54, 1.807) is 6.92 Å². The predicted octanol–water partition coefficient (Wildman–Crippen LogP) is 1.78. The lowest BCUT2D eigenvalue weighted by atomic mass is 9.75. The SMILES string of the molecule is CCOC(=O)C(N)CN(C)C1CCC(C)(C)CC1. The van der Waals surface area contributed by atoms with Crippen LogP contribution in [0.15, 0.2) is 0 Å². The lowest BCUT2D eigenvalue weighted by Crippen LogP contribution is -2.47. The topological polar surface area (TPSA) is 55.6 Å². The molecule has 1 fully saturated rings. The van der Waals surface area contributed by atoms with Crippen molar-refractivity contribution in [2.75, 3.05) is 20.2 Å². The Hall–Kier alpha value is -0.610. The highest BCUT2D eigenvalue weighted by Crippen LogP contribution is 2.36. The number of nitrogens with zero attached hydrogens (tertiary/aromatic N) is 1. The van der Waals surface area contributed by atoms with Crippen LogP contribution in [0.3, 0.4) is 0 Å². The number of likely N-dealkylation sites (N-methyl/N-ethyl adjacent to an activating group) is 1. The lowest BCUT2D eigenvalue weighted by Gasteiger charge is -2.39. The van der Waals surface area contributed by atoms with Crippen molar-refractivity contribution < 1.29 is 9.53 Å². The molecule has 1 rings (SSSR count). The van der Waals surface area contributed by atoms with Gasteiger partial charge in [-0.2, -0.15) is 0 Å². The smallest absolute Gasteiger partial charge is 0.324 e. The van der Waals surface area contributed by atoms with Gasteiger partial charge in [-0.25, -0.2) is 0 Å². The Morgan fingerprint density at radius 1 is 1.44 bits per heavy atom. The maximum absolute atomic E-state index is 11.5. The highest BCUT2D eigenvalue weighted by Gasteiger charge is 2.30. The van der Waals surface area contributed by atoms with Crippen molar-refractivity contribution in [3.63, 3.8) is 0 Å². The van der Waals surface area contributed by atoms with E-state index in [2.05, 4.69) is 25.8 Å². The molecule has 4 heteroatoms. The predicted molar refractivity (Wildman–Crippen MR) is 73.3 cm³/mol. The van der Waals surface area contributed by atoms with Gasteiger partial charge in [0, 0.05) is 12.6 Å². The number of hydrogen-bond acceptors (Lipinski definition) is 4. The summed E-state index contributed by atoms with van der Waals surface area (Å²) in [5.74, 6) is -0.291. The van der Waals surface area contributed by atoms with Crippen molar-refractivity contribution in [1.29, 1.82) is 0 Å². The molecule has 0 aliphatic heterocycles. The monoisotopic (exact) mass is 256 g/mol. The second-order valence-electron chi connectivity index (χ2n) is 6.19. The van der Waals surface area contributed by atoms with Crippen LogP contribution in [0.1, 0.15) is 46.5 Å². The molecular formula is C14H28N2O2. The minimum atomic E-state index is -0.523. The van der Waals surface area contributed by atoms with Crippen LogP contribution in [0.5, 0.6) is 0 Å². The van der Waals surface area contributed by atoms with E-state index < -0.39 is 6.04 Å². The summed E-state index contributed by atoms with van der Waals surface area (Å²) in [6, 6.07) is 0.0309. The van der Waals surface area contributed by atoms with Crippen LogP contribution in [-0.2, 0) is 9.53 Å². The average Bonchev–Trinajstić information content (AvgIpc) is 2.28. The molecule has 1 aliphatic rings. The van der Waals surface area contributed by atoms with Gasteiger partial charge in [-0.05, 0) is 45.1 Å². The van der Waals surface area contributed by atoms with Gasteiger partial charge < -0.3 is 15.4 Å². The first-order chi connectivity index (χ1) is 8.35. The van der Waals surface area contributed by atoms with Crippen LogP contribution in [0.2, 0.25) is 0 Å². The third-order valence-electron chi connectivity index (χ3n) is 4.01. The molecular weight excluding hydrogens is 228 g/mol. The van der Waals surface area contributed by atoms with E-state index in [9.17, 15) is 4.79 Å². The van der Waals surface area contributed by atoms with Gasteiger partial charge in [-0.3, -0.25) is 4.79 Å². The minimum absolute atomic E-state index is 0.291. The third-order valence-corrected chi connectivity index (χ3v) is 4.01. The summed E-state index contributed by atoms with van der Waals surface area (Å²) in [7, 11) is 2.06. The number of nitrogens with two attached hydrogens (primary N) is 1. The molecule has 18 heavy (non-hydrogen) atoms. The third kappa shape index (κ3) is 4.58. The van der Waals surface area contributed by atoms with Crippen molar-refractivity contribution in [2.45, 2.75) is 58.5 Å². The highest BCUT2D eigenvalue weighted by atomic mass is 16.5. The molecule has 0 bridgehead atoms. The summed E-state index contributed by atoms with van der Waals surface area (Å²) in [5, 5.41) is 0. The number of carbonyl (C=O) groups is 1. The van der Waals surface area contributed by atoms with Gasteiger partial charge in [0.1, 0.15) is 6.04 Å². The van der Waals surface area contributed by atoms with Gasteiger partial charge in [0.15, 0.2) is 0 Å². The summed E-state index contributed by atoms with van der Waals surface area (Å²) in [4.78, 5) is 13.7. The molecule has 1 unspecified atom stereocenters. The van der Waals surface area contributed by atoms with Crippen LogP contribution >= 0.6 is 0 Å². The zero-order valence-electron chi connectivity index (χ0n) is 12.2. The number of rotatable bonds is 5. The van der Waals surface area contributed by atoms with E-state index in [4.69, 9.17) is 10.5 Å². The van der Waals surface area contributed by atoms with E-state index in [0.717, 1.165) is 0 Å².